The van der Waals surface area contributed by atoms with Gasteiger partial charge in [-0.25, -0.2) is 9.78 Å². The number of anilines is 1. The van der Waals surface area contributed by atoms with E-state index in [1.165, 1.54) is 0 Å². The maximum Gasteiger partial charge on any atom is 0.410 e. The van der Waals surface area contributed by atoms with Gasteiger partial charge in [-0.15, -0.1) is 0 Å². The van der Waals surface area contributed by atoms with Crippen LogP contribution in [0.15, 0.2) is 18.3 Å². The van der Waals surface area contributed by atoms with Gasteiger partial charge in [0.2, 0.25) is 5.91 Å². The molecule has 1 aromatic rings. The number of carbonyl (C=O) groups is 2. The Hall–Kier alpha value is -2.82. The minimum absolute atomic E-state index is 0.0381. The van der Waals surface area contributed by atoms with Crippen molar-refractivity contribution in [3.05, 3.63) is 23.9 Å². The average molecular weight is 409 g/mol. The van der Waals surface area contributed by atoms with Crippen LogP contribution in [0, 0.1) is 34.5 Å². The summed E-state index contributed by atoms with van der Waals surface area (Å²) in [4.78, 5) is 31.0. The van der Waals surface area contributed by atoms with Crippen LogP contribution < -0.4 is 11.1 Å². The summed E-state index contributed by atoms with van der Waals surface area (Å²) in [5.41, 5.74) is 5.87. The minimum Gasteiger partial charge on any atom is -0.446 e. The summed E-state index contributed by atoms with van der Waals surface area (Å²) in [7, 11) is 0. The molecule has 5 aliphatic rings. The zero-order valence-electron chi connectivity index (χ0n) is 16.9. The average Bonchev–Trinajstić information content (AvgIpc) is 3.19. The third kappa shape index (κ3) is 3.17. The van der Waals surface area contributed by atoms with Crippen molar-refractivity contribution in [3.63, 3.8) is 0 Å². The van der Waals surface area contributed by atoms with E-state index in [4.69, 9.17) is 10.5 Å². The molecule has 8 nitrogen and oxygen atoms in total. The summed E-state index contributed by atoms with van der Waals surface area (Å²) in [6.45, 7) is 1.14. The molecule has 30 heavy (non-hydrogen) atoms. The molecule has 1 aliphatic heterocycles. The number of aromatic nitrogens is 1. The number of hydrogen-bond donors (Lipinski definition) is 2. The van der Waals surface area contributed by atoms with E-state index in [0.717, 1.165) is 38.5 Å². The standard InChI is InChI=1S/C22H27N5O3/c23-11-14-2-1-4-25-19(14)26-17-3-5-27(12-17)21(29)30-18-15-6-13-7-16(18)10-22(8-13,9-15)20(24)28/h1-2,4,13,15-18H,3,5-10,12H2,(H2,24,28)(H,25,26)/t13?,15-,16?,17+,18?,22?/m0/s1. The summed E-state index contributed by atoms with van der Waals surface area (Å²) in [6.07, 6.45) is 6.54. The molecule has 4 bridgehead atoms. The van der Waals surface area contributed by atoms with Crippen LogP contribution in [0.2, 0.25) is 0 Å². The van der Waals surface area contributed by atoms with Crippen LogP contribution in [0.5, 0.6) is 0 Å². The molecule has 3 N–H and O–H groups in total. The third-order valence-electron chi connectivity index (χ3n) is 7.66. The van der Waals surface area contributed by atoms with Crippen molar-refractivity contribution < 1.29 is 14.3 Å². The summed E-state index contributed by atoms with van der Waals surface area (Å²) in [6, 6.07) is 5.63. The number of primary amides is 1. The predicted octanol–water partition coefficient (Wildman–Crippen LogP) is 2.26. The zero-order chi connectivity index (χ0) is 20.9. The van der Waals surface area contributed by atoms with Gasteiger partial charge in [0, 0.05) is 25.3 Å². The fraction of sp³-hybridized carbons (Fsp3) is 0.636. The van der Waals surface area contributed by atoms with E-state index >= 15 is 0 Å². The molecule has 0 spiro atoms. The number of likely N-dealkylation sites (tertiary alicyclic amines) is 1. The van der Waals surface area contributed by atoms with Gasteiger partial charge in [0.05, 0.1) is 11.0 Å². The lowest BCUT2D eigenvalue weighted by Crippen LogP contribution is -2.59. The van der Waals surface area contributed by atoms with E-state index in [1.54, 1.807) is 23.2 Å². The van der Waals surface area contributed by atoms with Crippen molar-refractivity contribution in [2.24, 2.45) is 28.9 Å². The van der Waals surface area contributed by atoms with Crippen molar-refractivity contribution in [1.29, 1.82) is 5.26 Å². The smallest absolute Gasteiger partial charge is 0.410 e. The molecule has 158 valence electrons. The van der Waals surface area contributed by atoms with Gasteiger partial charge < -0.3 is 20.7 Å². The molecule has 2 amide bonds. The normalized spacial score (nSPS) is 36.4. The van der Waals surface area contributed by atoms with Crippen molar-refractivity contribution in [1.82, 2.24) is 9.88 Å². The van der Waals surface area contributed by atoms with Crippen molar-refractivity contribution in [2.75, 3.05) is 18.4 Å². The Bertz CT molecular complexity index is 896. The van der Waals surface area contributed by atoms with Gasteiger partial charge in [-0.2, -0.15) is 5.26 Å². The lowest BCUT2D eigenvalue weighted by molar-refractivity contribution is -0.161. The molecule has 6 rings (SSSR count). The fourth-order valence-corrected chi connectivity index (χ4v) is 6.51. The fourth-order valence-electron chi connectivity index (χ4n) is 6.51. The molecule has 1 aromatic heterocycles. The Balaban J connectivity index is 1.20. The molecule has 6 atom stereocenters. The number of nitrogens with one attached hydrogen (secondary N) is 1. The predicted molar refractivity (Wildman–Crippen MR) is 108 cm³/mol. The number of nitriles is 1. The second-order valence-corrected chi connectivity index (χ2v) is 9.55. The van der Waals surface area contributed by atoms with Crippen LogP contribution in [-0.2, 0) is 9.53 Å². The maximum absolute atomic E-state index is 12.9. The van der Waals surface area contributed by atoms with Gasteiger partial charge in [0.1, 0.15) is 18.0 Å². The summed E-state index contributed by atoms with van der Waals surface area (Å²) in [5.74, 6) is 1.41. The third-order valence-corrected chi connectivity index (χ3v) is 7.66. The molecule has 0 aromatic carbocycles. The van der Waals surface area contributed by atoms with Crippen LogP contribution in [0.4, 0.5) is 10.6 Å². The lowest BCUT2D eigenvalue weighted by atomic mass is 9.48. The van der Waals surface area contributed by atoms with E-state index in [1.807, 2.05) is 0 Å². The summed E-state index contributed by atoms with van der Waals surface area (Å²) < 4.78 is 6.02. The highest BCUT2D eigenvalue weighted by atomic mass is 16.6. The Morgan fingerprint density at radius 3 is 2.77 bits per heavy atom. The summed E-state index contributed by atoms with van der Waals surface area (Å²) in [5, 5.41) is 12.5. The first-order valence-electron chi connectivity index (χ1n) is 10.8. The molecule has 0 radical (unpaired) electrons. The highest BCUT2D eigenvalue weighted by Gasteiger charge is 2.59. The van der Waals surface area contributed by atoms with Crippen LogP contribution in [0.1, 0.15) is 44.1 Å². The highest BCUT2D eigenvalue weighted by molar-refractivity contribution is 5.81. The Kier molecular flexibility index (Phi) is 4.57. The number of amides is 2. The van der Waals surface area contributed by atoms with Crippen molar-refractivity contribution in [2.45, 2.75) is 50.7 Å². The van der Waals surface area contributed by atoms with Crippen LogP contribution in [0.3, 0.4) is 0 Å². The van der Waals surface area contributed by atoms with Crippen LogP contribution >= 0.6 is 0 Å². The first-order valence-corrected chi connectivity index (χ1v) is 10.8. The van der Waals surface area contributed by atoms with Gasteiger partial charge in [-0.05, 0) is 68.4 Å². The summed E-state index contributed by atoms with van der Waals surface area (Å²) >= 11 is 0. The van der Waals surface area contributed by atoms with Gasteiger partial charge >= 0.3 is 6.09 Å². The largest absolute Gasteiger partial charge is 0.446 e. The maximum atomic E-state index is 12.9. The van der Waals surface area contributed by atoms with E-state index in [0.29, 0.717) is 30.4 Å². The number of nitrogens with zero attached hydrogens (tertiary/aromatic N) is 3. The Morgan fingerprint density at radius 2 is 2.07 bits per heavy atom. The van der Waals surface area contributed by atoms with E-state index < -0.39 is 0 Å². The van der Waals surface area contributed by atoms with Gasteiger partial charge in [0.25, 0.3) is 0 Å². The number of rotatable bonds is 4. The second-order valence-electron chi connectivity index (χ2n) is 9.55. The molecular weight excluding hydrogens is 382 g/mol. The quantitative estimate of drug-likeness (QED) is 0.787. The second kappa shape index (κ2) is 7.15. The molecule has 2 heterocycles. The first-order chi connectivity index (χ1) is 14.5. The molecule has 8 heteroatoms. The molecule has 4 saturated carbocycles. The van der Waals surface area contributed by atoms with Crippen LogP contribution in [0.25, 0.3) is 0 Å². The zero-order valence-corrected chi connectivity index (χ0v) is 16.9. The van der Waals surface area contributed by atoms with Crippen LogP contribution in [-0.4, -0.2) is 47.1 Å². The molecular formula is C22H27N5O3. The van der Waals surface area contributed by atoms with Gasteiger partial charge in [-0.3, -0.25) is 4.79 Å². The van der Waals surface area contributed by atoms with Gasteiger partial charge in [0.15, 0.2) is 0 Å². The Morgan fingerprint density at radius 1 is 1.30 bits per heavy atom. The first kappa shape index (κ1) is 19.2. The number of pyridine rings is 1. The number of ether oxygens (including phenoxy) is 1. The molecule has 4 aliphatic carbocycles. The van der Waals surface area contributed by atoms with Gasteiger partial charge in [-0.1, -0.05) is 0 Å². The van der Waals surface area contributed by atoms with Crippen molar-refractivity contribution >= 4 is 17.8 Å². The van der Waals surface area contributed by atoms with E-state index in [-0.39, 0.29) is 41.4 Å². The Labute approximate surface area is 175 Å². The number of nitrogens with two attached hydrogens (primary N) is 1. The van der Waals surface area contributed by atoms with Crippen molar-refractivity contribution in [3.8, 4) is 6.07 Å². The molecule has 5 fully saturated rings. The minimum atomic E-state index is -0.372. The molecule has 4 unspecified atom stereocenters. The van der Waals surface area contributed by atoms with E-state index in [2.05, 4.69) is 16.4 Å². The lowest BCUT2D eigenvalue weighted by Gasteiger charge is -2.58. The topological polar surface area (TPSA) is 121 Å². The molecule has 1 saturated heterocycles. The number of carbonyl (C=O) groups excluding carboxylic acids is 2. The highest BCUT2D eigenvalue weighted by Crippen LogP contribution is 2.60. The number of hydrogen-bond acceptors (Lipinski definition) is 6. The van der Waals surface area contributed by atoms with E-state index in [9.17, 15) is 14.9 Å². The monoisotopic (exact) mass is 409 g/mol. The SMILES string of the molecule is N#Cc1cccnc1N[C@@H]1CCN(C(=O)OC2C3CC4C[C@H]2CC(C(N)=O)(C4)C3)C1.